The summed E-state index contributed by atoms with van der Waals surface area (Å²) in [7, 11) is 0. The van der Waals surface area contributed by atoms with Gasteiger partial charge in [-0.15, -0.1) is 0 Å². The van der Waals surface area contributed by atoms with E-state index in [2.05, 4.69) is 34.6 Å². The van der Waals surface area contributed by atoms with Gasteiger partial charge in [-0.05, 0) is 35.0 Å². The van der Waals surface area contributed by atoms with Gasteiger partial charge < -0.3 is 0 Å². The SMILES string of the molecule is CC1CC2(C)C(C1C)C2(C)C. The van der Waals surface area contributed by atoms with Crippen molar-refractivity contribution in [3.63, 3.8) is 0 Å². The van der Waals surface area contributed by atoms with Crippen LogP contribution in [-0.2, 0) is 0 Å². The highest BCUT2D eigenvalue weighted by Crippen LogP contribution is 2.79. The minimum Gasteiger partial charge on any atom is -0.0622 e. The number of rotatable bonds is 0. The Morgan fingerprint density at radius 3 is 1.91 bits per heavy atom. The van der Waals surface area contributed by atoms with Crippen molar-refractivity contribution in [2.45, 2.75) is 41.0 Å². The molecule has 0 aromatic heterocycles. The molecule has 0 spiro atoms. The maximum absolute atomic E-state index is 2.48. The highest BCUT2D eigenvalue weighted by molar-refractivity contribution is 5.20. The quantitative estimate of drug-likeness (QED) is 0.499. The molecular formula is C11H20. The standard InChI is InChI=1S/C11H20/c1-7-6-11(5)9(8(7)2)10(11,3)4/h7-9H,6H2,1-5H3. The van der Waals surface area contributed by atoms with Gasteiger partial charge in [-0.2, -0.15) is 0 Å². The zero-order chi connectivity index (χ0) is 8.44. The first-order valence-corrected chi connectivity index (χ1v) is 4.91. The number of hydrogen-bond donors (Lipinski definition) is 0. The van der Waals surface area contributed by atoms with Gasteiger partial charge in [0.2, 0.25) is 0 Å². The molecular weight excluding hydrogens is 132 g/mol. The summed E-state index contributed by atoms with van der Waals surface area (Å²) in [6.07, 6.45) is 1.46. The van der Waals surface area contributed by atoms with Crippen molar-refractivity contribution < 1.29 is 0 Å². The predicted molar refractivity (Wildman–Crippen MR) is 48.3 cm³/mol. The Morgan fingerprint density at radius 2 is 1.64 bits per heavy atom. The summed E-state index contributed by atoms with van der Waals surface area (Å²) < 4.78 is 0. The molecule has 11 heavy (non-hydrogen) atoms. The lowest BCUT2D eigenvalue weighted by Gasteiger charge is -2.21. The van der Waals surface area contributed by atoms with Gasteiger partial charge in [-0.25, -0.2) is 0 Å². The molecule has 0 bridgehead atoms. The molecule has 2 fully saturated rings. The summed E-state index contributed by atoms with van der Waals surface area (Å²) >= 11 is 0. The van der Waals surface area contributed by atoms with Gasteiger partial charge in [0, 0.05) is 0 Å². The van der Waals surface area contributed by atoms with E-state index in [9.17, 15) is 0 Å². The van der Waals surface area contributed by atoms with Crippen LogP contribution in [0.25, 0.3) is 0 Å². The summed E-state index contributed by atoms with van der Waals surface area (Å²) in [6.45, 7) is 12.2. The Balaban J connectivity index is 2.26. The van der Waals surface area contributed by atoms with Crippen molar-refractivity contribution in [1.82, 2.24) is 0 Å². The van der Waals surface area contributed by atoms with E-state index in [4.69, 9.17) is 0 Å². The molecule has 0 nitrogen and oxygen atoms in total. The molecule has 4 atom stereocenters. The van der Waals surface area contributed by atoms with Crippen LogP contribution in [-0.4, -0.2) is 0 Å². The largest absolute Gasteiger partial charge is 0.0622 e. The maximum atomic E-state index is 2.48. The summed E-state index contributed by atoms with van der Waals surface area (Å²) in [5.41, 5.74) is 1.35. The van der Waals surface area contributed by atoms with Gasteiger partial charge in [0.1, 0.15) is 0 Å². The van der Waals surface area contributed by atoms with Crippen LogP contribution in [0.5, 0.6) is 0 Å². The molecule has 64 valence electrons. The molecule has 0 heterocycles. The predicted octanol–water partition coefficient (Wildman–Crippen LogP) is 3.32. The van der Waals surface area contributed by atoms with Crippen LogP contribution in [0.4, 0.5) is 0 Å². The third-order valence-electron chi connectivity index (χ3n) is 5.02. The summed E-state index contributed by atoms with van der Waals surface area (Å²) in [6, 6.07) is 0. The van der Waals surface area contributed by atoms with E-state index in [-0.39, 0.29) is 0 Å². The second-order valence-corrected chi connectivity index (χ2v) is 5.66. The Kier molecular flexibility index (Phi) is 1.16. The smallest absolute Gasteiger partial charge is 0.0233 e. The fourth-order valence-corrected chi connectivity index (χ4v) is 3.93. The minimum absolute atomic E-state index is 0.652. The number of fused-ring (bicyclic) bond motifs is 1. The maximum Gasteiger partial charge on any atom is -0.0233 e. The number of hydrogen-bond acceptors (Lipinski definition) is 0. The summed E-state index contributed by atoms with van der Waals surface area (Å²) in [5.74, 6) is 2.96. The lowest BCUT2D eigenvalue weighted by atomic mass is 9.84. The van der Waals surface area contributed by atoms with Crippen LogP contribution >= 0.6 is 0 Å². The molecule has 0 amide bonds. The lowest BCUT2D eigenvalue weighted by Crippen LogP contribution is -2.13. The Bertz CT molecular complexity index is 192. The molecule has 2 rings (SSSR count). The monoisotopic (exact) mass is 152 g/mol. The van der Waals surface area contributed by atoms with E-state index in [1.165, 1.54) is 6.42 Å². The van der Waals surface area contributed by atoms with Gasteiger partial charge >= 0.3 is 0 Å². The third-order valence-corrected chi connectivity index (χ3v) is 5.02. The van der Waals surface area contributed by atoms with E-state index in [1.807, 2.05) is 0 Å². The van der Waals surface area contributed by atoms with Crippen LogP contribution in [0.2, 0.25) is 0 Å². The second kappa shape index (κ2) is 1.67. The zero-order valence-electron chi connectivity index (χ0n) is 8.44. The lowest BCUT2D eigenvalue weighted by molar-refractivity contribution is 0.281. The Morgan fingerprint density at radius 1 is 1.09 bits per heavy atom. The Labute approximate surface area is 70.4 Å². The van der Waals surface area contributed by atoms with Crippen molar-refractivity contribution in [2.24, 2.45) is 28.6 Å². The van der Waals surface area contributed by atoms with E-state index in [0.717, 1.165) is 17.8 Å². The van der Waals surface area contributed by atoms with Crippen molar-refractivity contribution >= 4 is 0 Å². The van der Waals surface area contributed by atoms with Crippen LogP contribution < -0.4 is 0 Å². The fraction of sp³-hybridized carbons (Fsp3) is 1.00. The second-order valence-electron chi connectivity index (χ2n) is 5.66. The molecule has 2 saturated carbocycles. The van der Waals surface area contributed by atoms with Gasteiger partial charge in [-0.3, -0.25) is 0 Å². The molecule has 0 aromatic carbocycles. The van der Waals surface area contributed by atoms with Crippen LogP contribution in [0.3, 0.4) is 0 Å². The average molecular weight is 152 g/mol. The molecule has 4 unspecified atom stereocenters. The minimum atomic E-state index is 0.652. The zero-order valence-corrected chi connectivity index (χ0v) is 8.44. The van der Waals surface area contributed by atoms with Crippen LogP contribution in [0.15, 0.2) is 0 Å². The molecule has 0 heteroatoms. The van der Waals surface area contributed by atoms with E-state index in [0.29, 0.717) is 10.8 Å². The van der Waals surface area contributed by atoms with Crippen molar-refractivity contribution in [3.8, 4) is 0 Å². The summed E-state index contributed by atoms with van der Waals surface area (Å²) in [5, 5.41) is 0. The molecule has 2 aliphatic carbocycles. The Hall–Kier alpha value is 0. The topological polar surface area (TPSA) is 0 Å². The molecule has 0 aliphatic heterocycles. The molecule has 2 aliphatic rings. The summed E-state index contributed by atoms with van der Waals surface area (Å²) in [4.78, 5) is 0. The van der Waals surface area contributed by atoms with E-state index < -0.39 is 0 Å². The van der Waals surface area contributed by atoms with E-state index >= 15 is 0 Å². The highest BCUT2D eigenvalue weighted by atomic mass is 14.8. The molecule has 0 N–H and O–H groups in total. The third kappa shape index (κ3) is 0.625. The van der Waals surface area contributed by atoms with Crippen molar-refractivity contribution in [2.75, 3.05) is 0 Å². The van der Waals surface area contributed by atoms with Gasteiger partial charge in [-0.1, -0.05) is 34.6 Å². The van der Waals surface area contributed by atoms with Crippen molar-refractivity contribution in [3.05, 3.63) is 0 Å². The van der Waals surface area contributed by atoms with Gasteiger partial charge in [0.15, 0.2) is 0 Å². The highest BCUT2D eigenvalue weighted by Gasteiger charge is 2.73. The molecule has 0 aromatic rings. The first-order chi connectivity index (χ1) is 4.91. The van der Waals surface area contributed by atoms with Gasteiger partial charge in [0.05, 0.1) is 0 Å². The van der Waals surface area contributed by atoms with E-state index in [1.54, 1.807) is 0 Å². The van der Waals surface area contributed by atoms with Crippen LogP contribution in [0.1, 0.15) is 41.0 Å². The van der Waals surface area contributed by atoms with Gasteiger partial charge in [0.25, 0.3) is 0 Å². The normalized spacial score (nSPS) is 59.2. The average Bonchev–Trinajstić information content (AvgIpc) is 2.08. The molecule has 0 radical (unpaired) electrons. The van der Waals surface area contributed by atoms with Crippen LogP contribution in [0, 0.1) is 28.6 Å². The first-order valence-electron chi connectivity index (χ1n) is 4.91. The first kappa shape index (κ1) is 7.64. The molecule has 0 saturated heterocycles. The van der Waals surface area contributed by atoms with Crippen molar-refractivity contribution in [1.29, 1.82) is 0 Å². The fourth-order valence-electron chi connectivity index (χ4n) is 3.93.